The molecule has 1 atom stereocenters. The van der Waals surface area contributed by atoms with Crippen LogP contribution < -0.4 is 0 Å². The number of carbonyl (C=O) groups is 2. The van der Waals surface area contributed by atoms with Gasteiger partial charge in [-0.25, -0.2) is 0 Å². The number of nitrogens with zero attached hydrogens (tertiary/aromatic N) is 3. The maximum absolute atomic E-state index is 12.0. The summed E-state index contributed by atoms with van der Waals surface area (Å²) in [6.45, 7) is 8.96. The summed E-state index contributed by atoms with van der Waals surface area (Å²) < 4.78 is 0. The molecular formula is C15H27N3O2S. The molecule has 120 valence electrons. The molecule has 0 aliphatic carbocycles. The molecule has 1 amide bonds. The van der Waals surface area contributed by atoms with Crippen LogP contribution in [0.25, 0.3) is 0 Å². The Balaban J connectivity index is 1.62. The standard InChI is InChI=1S/C15H27N3O2S/c1-13(19)21-12-14-10-15(20)18(11-14)5-3-4-17-8-6-16(2)7-9-17/h14H,3-12H2,1-2H3. The number of piperazine rings is 1. The van der Waals surface area contributed by atoms with Crippen molar-refractivity contribution in [3.8, 4) is 0 Å². The third kappa shape index (κ3) is 5.60. The highest BCUT2D eigenvalue weighted by molar-refractivity contribution is 8.13. The zero-order chi connectivity index (χ0) is 15.2. The lowest BCUT2D eigenvalue weighted by molar-refractivity contribution is -0.127. The third-order valence-electron chi connectivity index (χ3n) is 4.32. The minimum atomic E-state index is 0.149. The molecule has 0 saturated carbocycles. The lowest BCUT2D eigenvalue weighted by atomic mass is 10.1. The summed E-state index contributed by atoms with van der Waals surface area (Å²) in [4.78, 5) is 29.8. The first kappa shape index (κ1) is 16.8. The maximum Gasteiger partial charge on any atom is 0.222 e. The van der Waals surface area contributed by atoms with Crippen LogP contribution in [0.5, 0.6) is 0 Å². The number of hydrogen-bond acceptors (Lipinski definition) is 5. The molecule has 21 heavy (non-hydrogen) atoms. The van der Waals surface area contributed by atoms with E-state index in [1.54, 1.807) is 6.92 Å². The molecule has 2 aliphatic rings. The largest absolute Gasteiger partial charge is 0.342 e. The Morgan fingerprint density at radius 1 is 1.24 bits per heavy atom. The van der Waals surface area contributed by atoms with E-state index in [1.165, 1.54) is 11.8 Å². The van der Waals surface area contributed by atoms with Gasteiger partial charge in [-0.3, -0.25) is 9.59 Å². The Kier molecular flexibility index (Phi) is 6.51. The van der Waals surface area contributed by atoms with Crippen LogP contribution in [-0.2, 0) is 9.59 Å². The minimum Gasteiger partial charge on any atom is -0.342 e. The average Bonchev–Trinajstić information content (AvgIpc) is 2.79. The fourth-order valence-corrected chi connectivity index (χ4v) is 3.67. The molecule has 6 heteroatoms. The van der Waals surface area contributed by atoms with Gasteiger partial charge in [0.2, 0.25) is 5.91 Å². The molecule has 0 aromatic carbocycles. The molecule has 2 rings (SSSR count). The highest BCUT2D eigenvalue weighted by atomic mass is 32.2. The van der Waals surface area contributed by atoms with Gasteiger partial charge in [0, 0.05) is 58.4 Å². The number of thioether (sulfide) groups is 1. The lowest BCUT2D eigenvalue weighted by Gasteiger charge is -2.32. The van der Waals surface area contributed by atoms with E-state index in [9.17, 15) is 9.59 Å². The molecule has 0 aromatic heterocycles. The Morgan fingerprint density at radius 2 is 1.95 bits per heavy atom. The summed E-state index contributed by atoms with van der Waals surface area (Å²) in [5.74, 6) is 1.41. The summed E-state index contributed by atoms with van der Waals surface area (Å²) in [6.07, 6.45) is 1.68. The highest BCUT2D eigenvalue weighted by Crippen LogP contribution is 2.22. The van der Waals surface area contributed by atoms with Crippen molar-refractivity contribution in [2.45, 2.75) is 19.8 Å². The predicted octanol–water partition coefficient (Wildman–Crippen LogP) is 0.752. The maximum atomic E-state index is 12.0. The second kappa shape index (κ2) is 8.15. The van der Waals surface area contributed by atoms with Crippen LogP contribution in [0.2, 0.25) is 0 Å². The normalized spacial score (nSPS) is 24.8. The van der Waals surface area contributed by atoms with Gasteiger partial charge in [0.1, 0.15) is 0 Å². The number of likely N-dealkylation sites (tertiary alicyclic amines) is 1. The molecule has 0 aromatic rings. The van der Waals surface area contributed by atoms with E-state index in [0.29, 0.717) is 12.3 Å². The zero-order valence-electron chi connectivity index (χ0n) is 13.2. The fraction of sp³-hybridized carbons (Fsp3) is 0.867. The number of hydrogen-bond donors (Lipinski definition) is 0. The third-order valence-corrected chi connectivity index (χ3v) is 5.36. The summed E-state index contributed by atoms with van der Waals surface area (Å²) in [5, 5.41) is 0.149. The Morgan fingerprint density at radius 3 is 2.62 bits per heavy atom. The van der Waals surface area contributed by atoms with Crippen LogP contribution in [-0.4, -0.2) is 84.3 Å². The Labute approximate surface area is 132 Å². The van der Waals surface area contributed by atoms with Crippen molar-refractivity contribution in [1.29, 1.82) is 0 Å². The number of amides is 1. The van der Waals surface area contributed by atoms with Crippen LogP contribution in [0.3, 0.4) is 0 Å². The van der Waals surface area contributed by atoms with E-state index >= 15 is 0 Å². The first-order chi connectivity index (χ1) is 10.0. The van der Waals surface area contributed by atoms with Crippen molar-refractivity contribution in [3.05, 3.63) is 0 Å². The summed E-state index contributed by atoms with van der Waals surface area (Å²) in [7, 11) is 2.17. The SMILES string of the molecule is CC(=O)SCC1CC(=O)N(CCCN2CCN(C)CC2)C1. The molecule has 5 nitrogen and oxygen atoms in total. The number of likely N-dealkylation sites (N-methyl/N-ethyl adjacent to an activating group) is 1. The van der Waals surface area contributed by atoms with Crippen LogP contribution >= 0.6 is 11.8 Å². The van der Waals surface area contributed by atoms with Crippen LogP contribution in [0.4, 0.5) is 0 Å². The molecule has 0 radical (unpaired) electrons. The Bertz CT molecular complexity index is 370. The fourth-order valence-electron chi connectivity index (χ4n) is 2.97. The second-order valence-corrected chi connectivity index (χ2v) is 7.41. The summed E-state index contributed by atoms with van der Waals surface area (Å²) >= 11 is 1.35. The van der Waals surface area contributed by atoms with Gasteiger partial charge in [-0.2, -0.15) is 0 Å². The first-order valence-electron chi connectivity index (χ1n) is 7.86. The highest BCUT2D eigenvalue weighted by Gasteiger charge is 2.29. The van der Waals surface area contributed by atoms with E-state index in [-0.39, 0.29) is 11.0 Å². The molecule has 1 unspecified atom stereocenters. The van der Waals surface area contributed by atoms with Gasteiger partial charge in [-0.1, -0.05) is 11.8 Å². The van der Waals surface area contributed by atoms with Gasteiger partial charge in [-0.05, 0) is 25.9 Å². The monoisotopic (exact) mass is 313 g/mol. The molecule has 2 saturated heterocycles. The van der Waals surface area contributed by atoms with E-state index in [2.05, 4.69) is 16.8 Å². The average molecular weight is 313 g/mol. The lowest BCUT2D eigenvalue weighted by Crippen LogP contribution is -2.45. The van der Waals surface area contributed by atoms with Crippen molar-refractivity contribution in [1.82, 2.24) is 14.7 Å². The topological polar surface area (TPSA) is 43.9 Å². The molecule has 0 N–H and O–H groups in total. The van der Waals surface area contributed by atoms with Gasteiger partial charge in [0.25, 0.3) is 0 Å². The van der Waals surface area contributed by atoms with Crippen molar-refractivity contribution >= 4 is 22.8 Å². The van der Waals surface area contributed by atoms with E-state index < -0.39 is 0 Å². The van der Waals surface area contributed by atoms with Crippen LogP contribution in [0.15, 0.2) is 0 Å². The van der Waals surface area contributed by atoms with E-state index in [4.69, 9.17) is 0 Å². The number of rotatable bonds is 6. The van der Waals surface area contributed by atoms with Gasteiger partial charge in [0.05, 0.1) is 0 Å². The molecular weight excluding hydrogens is 286 g/mol. The summed E-state index contributed by atoms with van der Waals surface area (Å²) in [5.41, 5.74) is 0. The van der Waals surface area contributed by atoms with Gasteiger partial charge in [-0.15, -0.1) is 0 Å². The van der Waals surface area contributed by atoms with Gasteiger partial charge in [0.15, 0.2) is 5.12 Å². The first-order valence-corrected chi connectivity index (χ1v) is 8.85. The van der Waals surface area contributed by atoms with Crippen molar-refractivity contribution in [3.63, 3.8) is 0 Å². The smallest absolute Gasteiger partial charge is 0.222 e. The van der Waals surface area contributed by atoms with Crippen LogP contribution in [0.1, 0.15) is 19.8 Å². The predicted molar refractivity (Wildman–Crippen MR) is 86.4 cm³/mol. The molecule has 0 spiro atoms. The van der Waals surface area contributed by atoms with Crippen molar-refractivity contribution < 1.29 is 9.59 Å². The van der Waals surface area contributed by atoms with Crippen molar-refractivity contribution in [2.24, 2.45) is 5.92 Å². The van der Waals surface area contributed by atoms with Crippen LogP contribution in [0, 0.1) is 5.92 Å². The quantitative estimate of drug-likeness (QED) is 0.724. The number of carbonyl (C=O) groups excluding carboxylic acids is 2. The second-order valence-electron chi connectivity index (χ2n) is 6.21. The molecule has 2 aliphatic heterocycles. The molecule has 2 fully saturated rings. The minimum absolute atomic E-state index is 0.149. The van der Waals surface area contributed by atoms with E-state index in [0.717, 1.165) is 58.0 Å². The van der Waals surface area contributed by atoms with Gasteiger partial charge >= 0.3 is 0 Å². The Hall–Kier alpha value is -0.590. The van der Waals surface area contributed by atoms with E-state index in [1.807, 2.05) is 4.90 Å². The molecule has 2 heterocycles. The summed E-state index contributed by atoms with van der Waals surface area (Å²) in [6, 6.07) is 0. The molecule has 0 bridgehead atoms. The van der Waals surface area contributed by atoms with Crippen molar-refractivity contribution in [2.75, 3.05) is 58.6 Å². The zero-order valence-corrected chi connectivity index (χ0v) is 14.0. The van der Waals surface area contributed by atoms with Gasteiger partial charge < -0.3 is 14.7 Å².